The lowest BCUT2D eigenvalue weighted by molar-refractivity contribution is 0.0483. The average Bonchev–Trinajstić information content (AvgIpc) is 3.10. The second-order valence-electron chi connectivity index (χ2n) is 7.70. The van der Waals surface area contributed by atoms with E-state index < -0.39 is 5.97 Å². The molecule has 0 aromatic heterocycles. The normalized spacial score (nSPS) is 18.0. The lowest BCUT2D eigenvalue weighted by Gasteiger charge is -2.39. The maximum absolute atomic E-state index is 11.5. The molecular weight excluding hydrogens is 374 g/mol. The van der Waals surface area contributed by atoms with Crippen LogP contribution < -0.4 is 0 Å². The zero-order valence-electron chi connectivity index (χ0n) is 17.7. The molecule has 4 rings (SSSR count). The van der Waals surface area contributed by atoms with Crippen molar-refractivity contribution in [3.63, 3.8) is 0 Å². The van der Waals surface area contributed by atoms with Gasteiger partial charge in [0.2, 0.25) is 0 Å². The minimum Gasteiger partial charge on any atom is -0.478 e. The number of carboxylic acids is 1. The topological polar surface area (TPSA) is 56.1 Å². The van der Waals surface area contributed by atoms with Crippen molar-refractivity contribution >= 4 is 11.7 Å². The highest BCUT2D eigenvalue weighted by Crippen LogP contribution is 2.32. The molecule has 2 heterocycles. The molecule has 1 atom stereocenters. The van der Waals surface area contributed by atoms with Crippen molar-refractivity contribution in [2.75, 3.05) is 6.54 Å². The molecule has 0 saturated heterocycles. The van der Waals surface area contributed by atoms with Gasteiger partial charge in [-0.2, -0.15) is 0 Å². The monoisotopic (exact) mass is 401 g/mol. The quantitative estimate of drug-likeness (QED) is 0.729. The van der Waals surface area contributed by atoms with Crippen LogP contribution in [0.1, 0.15) is 43.1 Å². The van der Waals surface area contributed by atoms with E-state index in [9.17, 15) is 9.90 Å². The van der Waals surface area contributed by atoms with Crippen molar-refractivity contribution in [3.8, 4) is 11.1 Å². The van der Waals surface area contributed by atoms with Gasteiger partial charge in [0.25, 0.3) is 0 Å². The highest BCUT2D eigenvalue weighted by molar-refractivity contribution is 5.96. The fourth-order valence-electron chi connectivity index (χ4n) is 4.25. The van der Waals surface area contributed by atoms with Crippen LogP contribution in [-0.4, -0.2) is 39.4 Å². The second kappa shape index (κ2) is 8.19. The van der Waals surface area contributed by atoms with Gasteiger partial charge in [-0.15, -0.1) is 0 Å². The van der Waals surface area contributed by atoms with Crippen LogP contribution in [0.4, 0.5) is 0 Å². The molecule has 154 valence electrons. The Balaban J connectivity index is 1.60. The number of aliphatic imine (C=N–C) groups is 1. The summed E-state index contributed by atoms with van der Waals surface area (Å²) in [5.41, 5.74) is 5.60. The molecule has 0 radical (unpaired) electrons. The molecule has 5 heteroatoms. The summed E-state index contributed by atoms with van der Waals surface area (Å²) < 4.78 is 0. The summed E-state index contributed by atoms with van der Waals surface area (Å²) in [6, 6.07) is 15.6. The number of carboxylic acid groups (broad SMARTS) is 1. The summed E-state index contributed by atoms with van der Waals surface area (Å²) in [6.45, 7) is 7.31. The van der Waals surface area contributed by atoms with Gasteiger partial charge in [-0.05, 0) is 54.7 Å². The molecule has 2 aromatic rings. The number of hydrogen-bond acceptors (Lipinski definition) is 4. The number of rotatable bonds is 6. The number of fused-ring (bicyclic) bond motifs is 1. The van der Waals surface area contributed by atoms with E-state index >= 15 is 0 Å². The number of hydrogen-bond donors (Lipinski definition) is 1. The molecule has 30 heavy (non-hydrogen) atoms. The number of hydrazine groups is 1. The molecule has 1 unspecified atom stereocenters. The molecule has 0 amide bonds. The van der Waals surface area contributed by atoms with Gasteiger partial charge in [-0.1, -0.05) is 49.4 Å². The van der Waals surface area contributed by atoms with E-state index in [1.54, 1.807) is 12.1 Å². The summed E-state index contributed by atoms with van der Waals surface area (Å²) in [5.74, 6) is 0.113. The summed E-state index contributed by atoms with van der Waals surface area (Å²) in [7, 11) is 0. The zero-order valence-corrected chi connectivity index (χ0v) is 17.7. The van der Waals surface area contributed by atoms with Crippen LogP contribution in [0.15, 0.2) is 77.2 Å². The predicted molar refractivity (Wildman–Crippen MR) is 120 cm³/mol. The summed E-state index contributed by atoms with van der Waals surface area (Å²) in [5, 5.41) is 14.0. The number of nitrogens with zero attached hydrogens (tertiary/aromatic N) is 3. The summed E-state index contributed by atoms with van der Waals surface area (Å²) in [4.78, 5) is 16.5. The van der Waals surface area contributed by atoms with Crippen LogP contribution in [0.5, 0.6) is 0 Å². The van der Waals surface area contributed by atoms with Crippen LogP contribution in [0.25, 0.3) is 11.1 Å². The first-order valence-corrected chi connectivity index (χ1v) is 10.5. The fraction of sp³-hybridized carbons (Fsp3) is 0.280. The SMILES string of the molecule is CCC1=NC2=CC(C)=CN(CC)N2C1Cc1ccc(-c2ccccc2C(=O)O)cc1. The maximum atomic E-state index is 11.5. The first-order chi connectivity index (χ1) is 14.5. The number of allylic oxidation sites excluding steroid dienone is 2. The number of aromatic carboxylic acids is 1. The first-order valence-electron chi connectivity index (χ1n) is 10.5. The van der Waals surface area contributed by atoms with Gasteiger partial charge in [0, 0.05) is 24.9 Å². The lowest BCUT2D eigenvalue weighted by Crippen LogP contribution is -2.47. The lowest BCUT2D eigenvalue weighted by atomic mass is 9.96. The van der Waals surface area contributed by atoms with E-state index in [0.29, 0.717) is 5.56 Å². The van der Waals surface area contributed by atoms with Gasteiger partial charge < -0.3 is 5.11 Å². The largest absolute Gasteiger partial charge is 0.478 e. The van der Waals surface area contributed by atoms with Crippen molar-refractivity contribution in [3.05, 3.63) is 83.3 Å². The zero-order chi connectivity index (χ0) is 21.3. The Labute approximate surface area is 177 Å². The van der Waals surface area contributed by atoms with Crippen LogP contribution in [0, 0.1) is 0 Å². The molecule has 0 bridgehead atoms. The summed E-state index contributed by atoms with van der Waals surface area (Å²) >= 11 is 0. The standard InChI is InChI=1S/C25H27N3O2/c1-4-22-23(28-24(26-22)14-17(3)16-27(28)5-2)15-18-10-12-19(13-11-18)20-8-6-7-9-21(20)25(29)30/h6-14,16,23H,4-5,15H2,1-3H3,(H,29,30). The van der Waals surface area contributed by atoms with Gasteiger partial charge in [0.1, 0.15) is 5.82 Å². The van der Waals surface area contributed by atoms with Crippen LogP contribution in [0.3, 0.4) is 0 Å². The average molecular weight is 402 g/mol. The third-order valence-electron chi connectivity index (χ3n) is 5.70. The predicted octanol–water partition coefficient (Wildman–Crippen LogP) is 5.13. The fourth-order valence-corrected chi connectivity index (χ4v) is 4.25. The maximum Gasteiger partial charge on any atom is 0.336 e. The molecule has 2 aromatic carbocycles. The molecule has 2 aliphatic rings. The molecule has 2 aliphatic heterocycles. The van der Waals surface area contributed by atoms with E-state index in [1.807, 2.05) is 24.3 Å². The van der Waals surface area contributed by atoms with Crippen LogP contribution in [-0.2, 0) is 6.42 Å². The molecule has 0 aliphatic carbocycles. The van der Waals surface area contributed by atoms with Gasteiger partial charge in [-0.25, -0.2) is 9.79 Å². The molecule has 1 N–H and O–H groups in total. The minimum atomic E-state index is -0.906. The van der Waals surface area contributed by atoms with Crippen molar-refractivity contribution in [1.29, 1.82) is 0 Å². The minimum absolute atomic E-state index is 0.197. The van der Waals surface area contributed by atoms with Gasteiger partial charge >= 0.3 is 5.97 Å². The van der Waals surface area contributed by atoms with E-state index in [-0.39, 0.29) is 6.04 Å². The van der Waals surface area contributed by atoms with E-state index in [0.717, 1.165) is 36.3 Å². The third kappa shape index (κ3) is 3.63. The highest BCUT2D eigenvalue weighted by atomic mass is 16.4. The molecule has 0 spiro atoms. The third-order valence-corrected chi connectivity index (χ3v) is 5.70. The van der Waals surface area contributed by atoms with Crippen molar-refractivity contribution in [2.45, 2.75) is 39.7 Å². The Morgan fingerprint density at radius 1 is 1.10 bits per heavy atom. The Hall–Kier alpha value is -3.34. The number of carbonyl (C=O) groups is 1. The van der Waals surface area contributed by atoms with Crippen molar-refractivity contribution in [1.82, 2.24) is 10.0 Å². The van der Waals surface area contributed by atoms with Crippen molar-refractivity contribution in [2.24, 2.45) is 4.99 Å². The van der Waals surface area contributed by atoms with E-state index in [4.69, 9.17) is 4.99 Å². The smallest absolute Gasteiger partial charge is 0.336 e. The van der Waals surface area contributed by atoms with Gasteiger partial charge in [-0.3, -0.25) is 10.0 Å². The van der Waals surface area contributed by atoms with Crippen LogP contribution >= 0.6 is 0 Å². The molecule has 0 saturated carbocycles. The first kappa shape index (κ1) is 20.0. The van der Waals surface area contributed by atoms with Crippen molar-refractivity contribution < 1.29 is 9.90 Å². The van der Waals surface area contributed by atoms with Crippen LogP contribution in [0.2, 0.25) is 0 Å². The van der Waals surface area contributed by atoms with Gasteiger partial charge in [0.05, 0.1) is 11.6 Å². The van der Waals surface area contributed by atoms with E-state index in [2.05, 4.69) is 55.2 Å². The highest BCUT2D eigenvalue weighted by Gasteiger charge is 2.35. The van der Waals surface area contributed by atoms with E-state index in [1.165, 1.54) is 16.8 Å². The summed E-state index contributed by atoms with van der Waals surface area (Å²) in [6.07, 6.45) is 6.09. The number of benzene rings is 2. The molecule has 5 nitrogen and oxygen atoms in total. The molecule has 0 fully saturated rings. The Morgan fingerprint density at radius 2 is 1.83 bits per heavy atom. The molecular formula is C25H27N3O2. The van der Waals surface area contributed by atoms with Gasteiger partial charge in [0.15, 0.2) is 0 Å². The Bertz CT molecular complexity index is 1050. The Kier molecular flexibility index (Phi) is 5.44. The Morgan fingerprint density at radius 3 is 2.50 bits per heavy atom. The second-order valence-corrected chi connectivity index (χ2v) is 7.70.